The zero-order chi connectivity index (χ0) is 11.4. The second kappa shape index (κ2) is 5.12. The van der Waals surface area contributed by atoms with E-state index in [1.54, 1.807) is 12.4 Å². The van der Waals surface area contributed by atoms with Crippen molar-refractivity contribution < 1.29 is 4.74 Å². The Bertz CT molecular complexity index is 471. The van der Waals surface area contributed by atoms with Crippen molar-refractivity contribution in [3.63, 3.8) is 0 Å². The largest absolute Gasteiger partial charge is 0.487 e. The van der Waals surface area contributed by atoms with Gasteiger partial charge in [0.05, 0.1) is 6.20 Å². The number of hydrogen-bond donors (Lipinski definition) is 0. The fourth-order valence-electron chi connectivity index (χ4n) is 1.41. The number of nitrogens with zero attached hydrogens (tertiary/aromatic N) is 1. The van der Waals surface area contributed by atoms with Gasteiger partial charge in [0.2, 0.25) is 0 Å². The van der Waals surface area contributed by atoms with E-state index < -0.39 is 0 Å². The molecule has 82 valence electrons. The van der Waals surface area contributed by atoms with Gasteiger partial charge in [-0.2, -0.15) is 0 Å². The number of rotatable bonds is 3. The van der Waals surface area contributed by atoms with Gasteiger partial charge in [0.25, 0.3) is 0 Å². The van der Waals surface area contributed by atoms with Crippen molar-refractivity contribution in [2.24, 2.45) is 0 Å². The average molecular weight is 278 g/mol. The molecule has 0 amide bonds. The lowest BCUT2D eigenvalue weighted by molar-refractivity contribution is 0.304. The van der Waals surface area contributed by atoms with Gasteiger partial charge >= 0.3 is 0 Å². The van der Waals surface area contributed by atoms with Crippen LogP contribution in [-0.2, 0) is 6.61 Å². The average Bonchev–Trinajstić information content (AvgIpc) is 2.29. The van der Waals surface area contributed by atoms with E-state index in [0.29, 0.717) is 6.61 Å². The summed E-state index contributed by atoms with van der Waals surface area (Å²) in [5.74, 6) is 0.796. The summed E-state index contributed by atoms with van der Waals surface area (Å²) in [5.41, 5.74) is 2.41. The monoisotopic (exact) mass is 277 g/mol. The van der Waals surface area contributed by atoms with Crippen LogP contribution in [0.1, 0.15) is 11.1 Å². The van der Waals surface area contributed by atoms with E-state index in [1.807, 2.05) is 18.2 Å². The quantitative estimate of drug-likeness (QED) is 0.853. The molecule has 0 fully saturated rings. The molecule has 0 radical (unpaired) electrons. The van der Waals surface area contributed by atoms with Crippen molar-refractivity contribution in [3.05, 3.63) is 58.3 Å². The van der Waals surface area contributed by atoms with Gasteiger partial charge in [0.1, 0.15) is 12.4 Å². The highest BCUT2D eigenvalue weighted by atomic mass is 79.9. The molecule has 16 heavy (non-hydrogen) atoms. The number of aryl methyl sites for hydroxylation is 1. The minimum Gasteiger partial charge on any atom is -0.487 e. The molecule has 0 aliphatic carbocycles. The van der Waals surface area contributed by atoms with Crippen LogP contribution in [0.15, 0.2) is 47.2 Å². The number of pyridine rings is 1. The molecule has 0 bridgehead atoms. The predicted octanol–water partition coefficient (Wildman–Crippen LogP) is 3.73. The van der Waals surface area contributed by atoms with Crippen molar-refractivity contribution in [1.29, 1.82) is 0 Å². The molecule has 2 aromatic rings. The summed E-state index contributed by atoms with van der Waals surface area (Å²) >= 11 is 3.44. The maximum Gasteiger partial charge on any atom is 0.138 e. The molecule has 2 nitrogen and oxygen atoms in total. The molecule has 0 spiro atoms. The van der Waals surface area contributed by atoms with Crippen molar-refractivity contribution >= 4 is 15.9 Å². The van der Waals surface area contributed by atoms with Gasteiger partial charge in [-0.3, -0.25) is 4.98 Å². The van der Waals surface area contributed by atoms with Crippen LogP contribution < -0.4 is 4.74 Å². The van der Waals surface area contributed by atoms with Crippen molar-refractivity contribution in [2.75, 3.05) is 0 Å². The molecule has 0 aliphatic rings. The van der Waals surface area contributed by atoms with Crippen LogP contribution in [0.4, 0.5) is 0 Å². The van der Waals surface area contributed by atoms with E-state index in [4.69, 9.17) is 4.74 Å². The summed E-state index contributed by atoms with van der Waals surface area (Å²) in [6.45, 7) is 2.65. The molecular formula is C13H12BrNO. The van der Waals surface area contributed by atoms with Crippen LogP contribution in [0.2, 0.25) is 0 Å². The molecule has 0 aliphatic heterocycles. The Labute approximate surface area is 103 Å². The number of hydrogen-bond acceptors (Lipinski definition) is 2. The summed E-state index contributed by atoms with van der Waals surface area (Å²) in [6, 6.07) is 9.94. The summed E-state index contributed by atoms with van der Waals surface area (Å²) in [6.07, 6.45) is 3.45. The molecule has 2 rings (SSSR count). The first-order valence-corrected chi connectivity index (χ1v) is 5.83. The molecule has 1 aromatic carbocycles. The van der Waals surface area contributed by atoms with Crippen LogP contribution >= 0.6 is 15.9 Å². The highest BCUT2D eigenvalue weighted by Gasteiger charge is 2.00. The first kappa shape index (κ1) is 11.1. The van der Waals surface area contributed by atoms with E-state index in [9.17, 15) is 0 Å². The van der Waals surface area contributed by atoms with E-state index in [0.717, 1.165) is 10.2 Å². The van der Waals surface area contributed by atoms with E-state index >= 15 is 0 Å². The van der Waals surface area contributed by atoms with Crippen molar-refractivity contribution in [1.82, 2.24) is 4.98 Å². The molecular weight excluding hydrogens is 266 g/mol. The maximum absolute atomic E-state index is 5.63. The molecule has 0 atom stereocenters. The highest BCUT2D eigenvalue weighted by Crippen LogP contribution is 2.17. The summed E-state index contributed by atoms with van der Waals surface area (Å²) in [4.78, 5) is 4.00. The Kier molecular flexibility index (Phi) is 3.57. The van der Waals surface area contributed by atoms with Crippen LogP contribution in [-0.4, -0.2) is 4.98 Å². The van der Waals surface area contributed by atoms with Gasteiger partial charge in [0.15, 0.2) is 0 Å². The molecule has 1 heterocycles. The van der Waals surface area contributed by atoms with Gasteiger partial charge in [-0.15, -0.1) is 0 Å². The van der Waals surface area contributed by atoms with Crippen molar-refractivity contribution in [3.8, 4) is 5.75 Å². The zero-order valence-electron chi connectivity index (χ0n) is 8.98. The highest BCUT2D eigenvalue weighted by molar-refractivity contribution is 9.10. The lowest BCUT2D eigenvalue weighted by atomic mass is 10.1. The zero-order valence-corrected chi connectivity index (χ0v) is 10.6. The Morgan fingerprint density at radius 1 is 1.31 bits per heavy atom. The third-order valence-electron chi connectivity index (χ3n) is 2.33. The Hall–Kier alpha value is -1.35. The van der Waals surface area contributed by atoms with E-state index in [-0.39, 0.29) is 0 Å². The Morgan fingerprint density at radius 2 is 2.19 bits per heavy atom. The van der Waals surface area contributed by atoms with Crippen LogP contribution in [0.25, 0.3) is 0 Å². The maximum atomic E-state index is 5.63. The summed E-state index contributed by atoms with van der Waals surface area (Å²) in [7, 11) is 0. The van der Waals surface area contributed by atoms with Crippen LogP contribution in [0, 0.1) is 6.92 Å². The number of halogens is 1. The molecule has 0 unspecified atom stereocenters. The van der Waals surface area contributed by atoms with Gasteiger partial charge in [0, 0.05) is 10.7 Å². The van der Waals surface area contributed by atoms with Crippen LogP contribution in [0.3, 0.4) is 0 Å². The Balaban J connectivity index is 2.05. The minimum atomic E-state index is 0.574. The second-order valence-electron chi connectivity index (χ2n) is 3.55. The minimum absolute atomic E-state index is 0.574. The lowest BCUT2D eigenvalue weighted by Crippen LogP contribution is -1.97. The van der Waals surface area contributed by atoms with E-state index in [2.05, 4.69) is 40.0 Å². The molecule has 1 aromatic heterocycles. The summed E-state index contributed by atoms with van der Waals surface area (Å²) < 4.78 is 6.73. The molecule has 0 N–H and O–H groups in total. The first-order chi connectivity index (χ1) is 7.75. The predicted molar refractivity (Wildman–Crippen MR) is 67.4 cm³/mol. The molecule has 0 saturated heterocycles. The third kappa shape index (κ3) is 2.83. The van der Waals surface area contributed by atoms with Gasteiger partial charge in [-0.25, -0.2) is 0 Å². The lowest BCUT2D eigenvalue weighted by Gasteiger charge is -2.08. The van der Waals surface area contributed by atoms with Gasteiger partial charge in [-0.05, 0) is 42.3 Å². The topological polar surface area (TPSA) is 22.1 Å². The number of ether oxygens (including phenoxy) is 1. The van der Waals surface area contributed by atoms with Gasteiger partial charge in [-0.1, -0.05) is 22.0 Å². The van der Waals surface area contributed by atoms with Crippen LogP contribution in [0.5, 0.6) is 5.75 Å². The van der Waals surface area contributed by atoms with Gasteiger partial charge < -0.3 is 4.74 Å². The number of aromatic nitrogens is 1. The fourth-order valence-corrected chi connectivity index (χ4v) is 1.89. The normalized spacial score (nSPS) is 10.1. The third-order valence-corrected chi connectivity index (χ3v) is 2.83. The smallest absolute Gasteiger partial charge is 0.138 e. The fraction of sp³-hybridized carbons (Fsp3) is 0.154. The standard InChI is InChI=1S/C13H12BrNO/c1-10-7-12(14)5-4-11(10)9-16-13-3-2-6-15-8-13/h2-8H,9H2,1H3. The van der Waals surface area contributed by atoms with Crippen molar-refractivity contribution in [2.45, 2.75) is 13.5 Å². The summed E-state index contributed by atoms with van der Waals surface area (Å²) in [5, 5.41) is 0. The Morgan fingerprint density at radius 3 is 2.88 bits per heavy atom. The molecule has 0 saturated carbocycles. The van der Waals surface area contributed by atoms with E-state index in [1.165, 1.54) is 11.1 Å². The second-order valence-corrected chi connectivity index (χ2v) is 4.46. The number of benzene rings is 1. The SMILES string of the molecule is Cc1cc(Br)ccc1COc1cccnc1. The molecule has 3 heteroatoms. The first-order valence-electron chi connectivity index (χ1n) is 5.03.